The smallest absolute Gasteiger partial charge is 0.291 e. The fraction of sp³-hybridized carbons (Fsp3) is 0.250. The molecule has 9 heteroatoms. The van der Waals surface area contributed by atoms with Gasteiger partial charge in [-0.1, -0.05) is 11.6 Å². The van der Waals surface area contributed by atoms with Crippen molar-refractivity contribution in [1.29, 1.82) is 0 Å². The van der Waals surface area contributed by atoms with Gasteiger partial charge in [0, 0.05) is 32.4 Å². The number of piperazine rings is 1. The van der Waals surface area contributed by atoms with Crippen molar-refractivity contribution in [2.45, 2.75) is 6.92 Å². The lowest BCUT2D eigenvalue weighted by molar-refractivity contribution is 0.0750. The molecule has 0 unspecified atom stereocenters. The van der Waals surface area contributed by atoms with Crippen LogP contribution in [0.4, 0.5) is 10.8 Å². The molecule has 0 saturated carbocycles. The maximum atomic E-state index is 13.0. The summed E-state index contributed by atoms with van der Waals surface area (Å²) < 4.78 is 5.10. The summed E-state index contributed by atoms with van der Waals surface area (Å²) in [6.07, 6.45) is 3.07. The number of furan rings is 1. The van der Waals surface area contributed by atoms with Gasteiger partial charge in [0.1, 0.15) is 5.82 Å². The third kappa shape index (κ3) is 4.28. The third-order valence-corrected chi connectivity index (χ3v) is 6.06. The van der Waals surface area contributed by atoms with Crippen molar-refractivity contribution in [3.63, 3.8) is 0 Å². The number of anilines is 2. The molecule has 0 bridgehead atoms. The normalized spacial score (nSPS) is 14.1. The molecule has 150 valence electrons. The molecular formula is C20H19ClN4O3S. The molecule has 0 spiro atoms. The molecule has 4 rings (SSSR count). The van der Waals surface area contributed by atoms with Gasteiger partial charge in [0.05, 0.1) is 21.2 Å². The number of hydrogen-bond acceptors (Lipinski definition) is 6. The standard InChI is InChI=1S/C20H19ClN4O3S/c1-13-11-17(23-19(26)15-3-2-10-28-15)29-18(13)20(27)25-8-6-24(7-9-25)16-5-4-14(21)12-22-16/h2-5,10-12H,6-9H2,1H3,(H,23,26). The van der Waals surface area contributed by atoms with Crippen LogP contribution in [-0.4, -0.2) is 47.9 Å². The number of halogens is 1. The average molecular weight is 431 g/mol. The van der Waals surface area contributed by atoms with E-state index in [9.17, 15) is 9.59 Å². The lowest BCUT2D eigenvalue weighted by atomic mass is 10.2. The van der Waals surface area contributed by atoms with Gasteiger partial charge >= 0.3 is 0 Å². The van der Waals surface area contributed by atoms with Gasteiger partial charge in [-0.3, -0.25) is 9.59 Å². The zero-order valence-electron chi connectivity index (χ0n) is 15.7. The molecule has 4 heterocycles. The molecular weight excluding hydrogens is 412 g/mol. The zero-order chi connectivity index (χ0) is 20.4. The van der Waals surface area contributed by atoms with Crippen molar-refractivity contribution in [3.05, 3.63) is 64.0 Å². The van der Waals surface area contributed by atoms with Crippen molar-refractivity contribution >= 4 is 45.6 Å². The van der Waals surface area contributed by atoms with E-state index in [1.807, 2.05) is 30.0 Å². The van der Waals surface area contributed by atoms with E-state index in [2.05, 4.69) is 15.2 Å². The molecule has 0 aromatic carbocycles. The van der Waals surface area contributed by atoms with E-state index >= 15 is 0 Å². The number of rotatable bonds is 4. The third-order valence-electron chi connectivity index (χ3n) is 4.70. The minimum atomic E-state index is -0.334. The molecule has 1 N–H and O–H groups in total. The number of nitrogens with one attached hydrogen (secondary N) is 1. The van der Waals surface area contributed by atoms with Crippen LogP contribution in [-0.2, 0) is 0 Å². The fourth-order valence-corrected chi connectivity index (χ4v) is 4.32. The molecule has 2 amide bonds. The highest BCUT2D eigenvalue weighted by molar-refractivity contribution is 7.18. The number of carbonyl (C=O) groups is 2. The van der Waals surface area contributed by atoms with Crippen LogP contribution in [0.2, 0.25) is 5.02 Å². The summed E-state index contributed by atoms with van der Waals surface area (Å²) in [6.45, 7) is 4.49. The molecule has 0 radical (unpaired) electrons. The van der Waals surface area contributed by atoms with Crippen LogP contribution in [0.3, 0.4) is 0 Å². The summed E-state index contributed by atoms with van der Waals surface area (Å²) in [4.78, 5) is 34.1. The lowest BCUT2D eigenvalue weighted by Crippen LogP contribution is -2.49. The Morgan fingerprint density at radius 3 is 2.66 bits per heavy atom. The first-order chi connectivity index (χ1) is 14.0. The van der Waals surface area contributed by atoms with Crippen molar-refractivity contribution in [1.82, 2.24) is 9.88 Å². The maximum absolute atomic E-state index is 13.0. The van der Waals surface area contributed by atoms with Crippen LogP contribution in [0.5, 0.6) is 0 Å². The second-order valence-electron chi connectivity index (χ2n) is 6.67. The highest BCUT2D eigenvalue weighted by Gasteiger charge is 2.25. The van der Waals surface area contributed by atoms with Gasteiger partial charge in [0.25, 0.3) is 11.8 Å². The maximum Gasteiger partial charge on any atom is 0.291 e. The van der Waals surface area contributed by atoms with E-state index in [1.54, 1.807) is 18.3 Å². The van der Waals surface area contributed by atoms with E-state index in [0.29, 0.717) is 41.1 Å². The average Bonchev–Trinajstić information content (AvgIpc) is 3.38. The van der Waals surface area contributed by atoms with Crippen LogP contribution in [0, 0.1) is 6.92 Å². The lowest BCUT2D eigenvalue weighted by Gasteiger charge is -2.35. The Balaban J connectivity index is 1.39. The molecule has 3 aromatic heterocycles. The minimum absolute atomic E-state index is 0.0188. The predicted molar refractivity (Wildman–Crippen MR) is 113 cm³/mol. The molecule has 0 aliphatic carbocycles. The van der Waals surface area contributed by atoms with Crippen LogP contribution in [0.15, 0.2) is 47.2 Å². The van der Waals surface area contributed by atoms with Crippen molar-refractivity contribution in [2.75, 3.05) is 36.4 Å². The second-order valence-corrected chi connectivity index (χ2v) is 8.16. The van der Waals surface area contributed by atoms with Gasteiger partial charge in [-0.15, -0.1) is 11.3 Å². The monoisotopic (exact) mass is 430 g/mol. The fourth-order valence-electron chi connectivity index (χ4n) is 3.17. The number of aromatic nitrogens is 1. The number of hydrogen-bond donors (Lipinski definition) is 1. The number of nitrogens with zero attached hydrogens (tertiary/aromatic N) is 3. The van der Waals surface area contributed by atoms with E-state index in [0.717, 1.165) is 11.4 Å². The first-order valence-electron chi connectivity index (χ1n) is 9.12. The zero-order valence-corrected chi connectivity index (χ0v) is 17.3. The van der Waals surface area contributed by atoms with Crippen molar-refractivity contribution in [2.24, 2.45) is 0 Å². The first-order valence-corrected chi connectivity index (χ1v) is 10.3. The Bertz CT molecular complexity index is 1010. The van der Waals surface area contributed by atoms with Gasteiger partial charge in [-0.25, -0.2) is 4.98 Å². The SMILES string of the molecule is Cc1cc(NC(=O)c2ccco2)sc1C(=O)N1CCN(c2ccc(Cl)cn2)CC1. The van der Waals surface area contributed by atoms with Crippen LogP contribution in [0.25, 0.3) is 0 Å². The van der Waals surface area contributed by atoms with Crippen LogP contribution in [0.1, 0.15) is 25.8 Å². The minimum Gasteiger partial charge on any atom is -0.459 e. The number of thiophene rings is 1. The molecule has 1 aliphatic heterocycles. The Morgan fingerprint density at radius 2 is 2.00 bits per heavy atom. The predicted octanol–water partition coefficient (Wildman–Crippen LogP) is 3.91. The Morgan fingerprint density at radius 1 is 1.21 bits per heavy atom. The Hall–Kier alpha value is -2.84. The molecule has 1 fully saturated rings. The van der Waals surface area contributed by atoms with Crippen LogP contribution < -0.4 is 10.2 Å². The summed E-state index contributed by atoms with van der Waals surface area (Å²) in [5.74, 6) is 0.738. The van der Waals surface area contributed by atoms with Gasteiger partial charge in [-0.2, -0.15) is 0 Å². The molecule has 1 aliphatic rings. The quantitative estimate of drug-likeness (QED) is 0.678. The van der Waals surface area contributed by atoms with E-state index in [-0.39, 0.29) is 17.6 Å². The summed E-state index contributed by atoms with van der Waals surface area (Å²) in [5, 5.41) is 4.01. The number of amides is 2. The van der Waals surface area contributed by atoms with Gasteiger partial charge < -0.3 is 19.5 Å². The largest absolute Gasteiger partial charge is 0.459 e. The molecule has 1 saturated heterocycles. The molecule has 0 atom stereocenters. The van der Waals surface area contributed by atoms with E-state index in [4.69, 9.17) is 16.0 Å². The van der Waals surface area contributed by atoms with Crippen LogP contribution >= 0.6 is 22.9 Å². The van der Waals surface area contributed by atoms with Crippen molar-refractivity contribution < 1.29 is 14.0 Å². The molecule has 7 nitrogen and oxygen atoms in total. The van der Waals surface area contributed by atoms with E-state index < -0.39 is 0 Å². The van der Waals surface area contributed by atoms with E-state index in [1.165, 1.54) is 17.6 Å². The van der Waals surface area contributed by atoms with Crippen molar-refractivity contribution in [3.8, 4) is 0 Å². The number of pyridine rings is 1. The second kappa shape index (κ2) is 8.26. The summed E-state index contributed by atoms with van der Waals surface area (Å²) >= 11 is 7.18. The highest BCUT2D eigenvalue weighted by atomic mass is 35.5. The number of carbonyl (C=O) groups excluding carboxylic acids is 2. The van der Waals surface area contributed by atoms with Gasteiger partial charge in [0.15, 0.2) is 5.76 Å². The summed E-state index contributed by atoms with van der Waals surface area (Å²) in [6, 6.07) is 8.76. The topological polar surface area (TPSA) is 78.7 Å². The summed E-state index contributed by atoms with van der Waals surface area (Å²) in [5.41, 5.74) is 0.844. The van der Waals surface area contributed by atoms with Gasteiger partial charge in [0.2, 0.25) is 0 Å². The molecule has 3 aromatic rings. The Kier molecular flexibility index (Phi) is 5.55. The highest BCUT2D eigenvalue weighted by Crippen LogP contribution is 2.29. The van der Waals surface area contributed by atoms with Gasteiger partial charge in [-0.05, 0) is 42.8 Å². The number of aryl methyl sites for hydroxylation is 1. The first kappa shape index (κ1) is 19.5. The molecule has 29 heavy (non-hydrogen) atoms. The Labute approximate surface area is 176 Å². The summed E-state index contributed by atoms with van der Waals surface area (Å²) in [7, 11) is 0.